The maximum absolute atomic E-state index is 13.4. The molecule has 41 heavy (non-hydrogen) atoms. The molecular weight excluding hydrogens is 581 g/mol. The predicted octanol–water partition coefficient (Wildman–Crippen LogP) is 5.97. The molecule has 12 heteroatoms. The number of hydrogen-bond donors (Lipinski definition) is 1. The van der Waals surface area contributed by atoms with Gasteiger partial charge in [-0.3, -0.25) is 4.79 Å². The third-order valence-electron chi connectivity index (χ3n) is 7.39. The number of aromatic nitrogens is 1. The monoisotopic (exact) mass is 610 g/mol. The van der Waals surface area contributed by atoms with E-state index in [1.54, 1.807) is 35.3 Å². The minimum atomic E-state index is -3.58. The highest BCUT2D eigenvalue weighted by atomic mass is 32.2. The molecule has 9 nitrogen and oxygen atoms in total. The first kappa shape index (κ1) is 27.8. The van der Waals surface area contributed by atoms with Crippen molar-refractivity contribution in [2.75, 3.05) is 31.6 Å². The van der Waals surface area contributed by atoms with Gasteiger partial charge in [0, 0.05) is 35.6 Å². The van der Waals surface area contributed by atoms with Crippen molar-refractivity contribution in [2.45, 2.75) is 44.0 Å². The number of benzene rings is 2. The largest absolute Gasteiger partial charge is 0.450 e. The van der Waals surface area contributed by atoms with Crippen LogP contribution in [0.4, 0.5) is 9.80 Å². The lowest BCUT2D eigenvalue weighted by molar-refractivity contribution is 0.102. The number of carbonyl (C=O) groups is 2. The summed E-state index contributed by atoms with van der Waals surface area (Å²) in [5, 5.41) is 4.54. The topological polar surface area (TPSA) is 109 Å². The molecule has 0 saturated carbocycles. The Hall–Kier alpha value is -3.32. The van der Waals surface area contributed by atoms with Crippen LogP contribution in [0.2, 0.25) is 0 Å². The Kier molecular flexibility index (Phi) is 7.82. The number of rotatable bonds is 6. The molecule has 2 aliphatic rings. The summed E-state index contributed by atoms with van der Waals surface area (Å²) in [7, 11) is -3.58. The highest BCUT2D eigenvalue weighted by molar-refractivity contribution is 7.89. The van der Waals surface area contributed by atoms with Gasteiger partial charge in [-0.2, -0.15) is 4.31 Å². The van der Waals surface area contributed by atoms with Gasteiger partial charge in [-0.15, -0.1) is 22.7 Å². The average molecular weight is 611 g/mol. The minimum Gasteiger partial charge on any atom is -0.450 e. The van der Waals surface area contributed by atoms with Crippen molar-refractivity contribution in [2.24, 2.45) is 0 Å². The lowest BCUT2D eigenvalue weighted by Crippen LogP contribution is -2.35. The molecule has 2 aliphatic heterocycles. The number of para-hydroxylation sites is 1. The number of piperidine rings is 1. The number of hydrogen-bond acceptors (Lipinski definition) is 8. The molecule has 0 radical (unpaired) electrons. The van der Waals surface area contributed by atoms with Gasteiger partial charge in [-0.1, -0.05) is 18.6 Å². The minimum absolute atomic E-state index is 0.191. The van der Waals surface area contributed by atoms with E-state index in [0.29, 0.717) is 49.8 Å². The van der Waals surface area contributed by atoms with Gasteiger partial charge in [0.15, 0.2) is 0 Å². The molecule has 0 bridgehead atoms. The van der Waals surface area contributed by atoms with E-state index in [0.717, 1.165) is 50.5 Å². The fourth-order valence-corrected chi connectivity index (χ4v) is 9.16. The number of thiazole rings is 1. The number of anilines is 1. The van der Waals surface area contributed by atoms with Gasteiger partial charge in [-0.25, -0.2) is 18.2 Å². The molecular formula is C29H30N4O5S3. The first-order valence-corrected chi connectivity index (χ1v) is 16.8. The van der Waals surface area contributed by atoms with Crippen LogP contribution in [0.3, 0.4) is 0 Å². The number of nitrogens with one attached hydrogen (secondary N) is 1. The first-order valence-electron chi connectivity index (χ1n) is 13.7. The van der Waals surface area contributed by atoms with E-state index in [9.17, 15) is 18.0 Å². The van der Waals surface area contributed by atoms with E-state index in [1.165, 1.54) is 27.8 Å². The fourth-order valence-electron chi connectivity index (χ4n) is 5.28. The van der Waals surface area contributed by atoms with Gasteiger partial charge in [0.05, 0.1) is 28.3 Å². The van der Waals surface area contributed by atoms with Gasteiger partial charge >= 0.3 is 6.09 Å². The smallest absolute Gasteiger partial charge is 0.410 e. The third-order valence-corrected chi connectivity index (χ3v) is 11.5. The average Bonchev–Trinajstić information content (AvgIpc) is 3.58. The summed E-state index contributed by atoms with van der Waals surface area (Å²) >= 11 is 3.00. The van der Waals surface area contributed by atoms with Gasteiger partial charge in [0.1, 0.15) is 10.0 Å². The number of nitrogens with zero attached hydrogens (tertiary/aromatic N) is 3. The fraction of sp³-hybridized carbons (Fsp3) is 0.345. The summed E-state index contributed by atoms with van der Waals surface area (Å²) < 4.78 is 33.9. The second-order valence-electron chi connectivity index (χ2n) is 10.0. The Morgan fingerprint density at radius 2 is 1.76 bits per heavy atom. The van der Waals surface area contributed by atoms with Crippen LogP contribution in [0.25, 0.3) is 20.8 Å². The molecule has 4 heterocycles. The number of sulfonamides is 1. The van der Waals surface area contributed by atoms with Crippen molar-refractivity contribution in [3.05, 3.63) is 64.5 Å². The van der Waals surface area contributed by atoms with Crippen molar-refractivity contribution < 1.29 is 22.7 Å². The molecule has 4 aromatic rings. The number of amides is 2. The van der Waals surface area contributed by atoms with E-state index in [1.807, 2.05) is 24.3 Å². The molecule has 6 rings (SSSR count). The molecule has 214 valence electrons. The summed E-state index contributed by atoms with van der Waals surface area (Å²) in [6, 6.07) is 14.0. The van der Waals surface area contributed by atoms with E-state index in [4.69, 9.17) is 9.72 Å². The van der Waals surface area contributed by atoms with Crippen LogP contribution in [-0.2, 0) is 27.7 Å². The number of carbonyl (C=O) groups excluding carboxylic acids is 2. The molecule has 2 amide bonds. The summed E-state index contributed by atoms with van der Waals surface area (Å²) in [6.45, 7) is 4.05. The second-order valence-corrected chi connectivity index (χ2v) is 14.1. The molecule has 1 saturated heterocycles. The van der Waals surface area contributed by atoms with Crippen LogP contribution in [-0.4, -0.2) is 60.8 Å². The highest BCUT2D eigenvalue weighted by Gasteiger charge is 2.31. The summed E-state index contributed by atoms with van der Waals surface area (Å²) in [5.74, 6) is -0.338. The molecule has 1 N–H and O–H groups in total. The molecule has 0 spiro atoms. The zero-order chi connectivity index (χ0) is 28.6. The van der Waals surface area contributed by atoms with Crippen molar-refractivity contribution in [3.63, 3.8) is 0 Å². The van der Waals surface area contributed by atoms with Gasteiger partial charge < -0.3 is 15.0 Å². The summed E-state index contributed by atoms with van der Waals surface area (Å²) in [4.78, 5) is 33.6. The SMILES string of the molecule is CCOC(=O)N1CCc2c(sc(NC(=O)c3ccc(S(=O)(=O)N4CCCCC4)cc3)c2-c2nc3ccccc3s2)C1. The van der Waals surface area contributed by atoms with Crippen molar-refractivity contribution in [3.8, 4) is 10.6 Å². The van der Waals surface area contributed by atoms with Crippen molar-refractivity contribution in [1.82, 2.24) is 14.2 Å². The summed E-state index contributed by atoms with van der Waals surface area (Å²) in [5.41, 5.74) is 3.21. The Morgan fingerprint density at radius 3 is 2.49 bits per heavy atom. The van der Waals surface area contributed by atoms with Crippen LogP contribution in [0.5, 0.6) is 0 Å². The number of thiophene rings is 1. The van der Waals surface area contributed by atoms with Crippen molar-refractivity contribution >= 4 is 59.9 Å². The first-order chi connectivity index (χ1) is 19.8. The molecule has 0 atom stereocenters. The van der Waals surface area contributed by atoms with Gasteiger partial charge in [-0.05, 0) is 68.1 Å². The van der Waals surface area contributed by atoms with Crippen molar-refractivity contribution in [1.29, 1.82) is 0 Å². The standard InChI is InChI=1S/C29H30N4O5S3/c1-2-38-29(35)32-17-14-21-24(18-32)40-28(25(21)27-30-22-8-4-5-9-23(22)39-27)31-26(34)19-10-12-20(13-11-19)41(36,37)33-15-6-3-7-16-33/h4-5,8-13H,2-3,6-7,14-18H2,1H3,(H,31,34). The van der Waals surface area contributed by atoms with Crippen LogP contribution in [0, 0.1) is 0 Å². The Balaban J connectivity index is 1.30. The highest BCUT2D eigenvalue weighted by Crippen LogP contribution is 2.46. The Bertz CT molecular complexity index is 1670. The van der Waals surface area contributed by atoms with E-state index < -0.39 is 10.0 Å². The van der Waals surface area contributed by atoms with Gasteiger partial charge in [0.2, 0.25) is 10.0 Å². The molecule has 1 fully saturated rings. The molecule has 0 unspecified atom stereocenters. The van der Waals surface area contributed by atoms with Crippen LogP contribution in [0.1, 0.15) is 47.0 Å². The number of fused-ring (bicyclic) bond motifs is 2. The van der Waals surface area contributed by atoms with E-state index >= 15 is 0 Å². The van der Waals surface area contributed by atoms with E-state index in [2.05, 4.69) is 5.32 Å². The normalized spacial score (nSPS) is 16.0. The van der Waals surface area contributed by atoms with Crippen LogP contribution < -0.4 is 5.32 Å². The molecule has 2 aromatic heterocycles. The zero-order valence-electron chi connectivity index (χ0n) is 22.6. The lowest BCUT2D eigenvalue weighted by Gasteiger charge is -2.26. The molecule has 2 aromatic carbocycles. The van der Waals surface area contributed by atoms with Crippen LogP contribution in [0.15, 0.2) is 53.4 Å². The Morgan fingerprint density at radius 1 is 1.00 bits per heavy atom. The summed E-state index contributed by atoms with van der Waals surface area (Å²) in [6.07, 6.45) is 3.03. The second kappa shape index (κ2) is 11.5. The number of ether oxygens (including phenoxy) is 1. The van der Waals surface area contributed by atoms with E-state index in [-0.39, 0.29) is 16.9 Å². The van der Waals surface area contributed by atoms with Gasteiger partial charge in [0.25, 0.3) is 5.91 Å². The lowest BCUT2D eigenvalue weighted by atomic mass is 10.0. The maximum atomic E-state index is 13.4. The predicted molar refractivity (Wildman–Crippen MR) is 161 cm³/mol. The molecule has 0 aliphatic carbocycles. The van der Waals surface area contributed by atoms with Crippen LogP contribution >= 0.6 is 22.7 Å². The maximum Gasteiger partial charge on any atom is 0.410 e. The third kappa shape index (κ3) is 5.49. The Labute approximate surface area is 246 Å². The zero-order valence-corrected chi connectivity index (χ0v) is 25.0. The quantitative estimate of drug-likeness (QED) is 0.288.